The lowest BCUT2D eigenvalue weighted by Gasteiger charge is -2.24. The molecule has 2 aromatic carbocycles. The molecule has 4 rings (SSSR count). The Bertz CT molecular complexity index is 1010. The third kappa shape index (κ3) is 2.99. The summed E-state index contributed by atoms with van der Waals surface area (Å²) in [6.45, 7) is 6.97. The van der Waals surface area contributed by atoms with Gasteiger partial charge in [-0.15, -0.1) is 0 Å². The summed E-state index contributed by atoms with van der Waals surface area (Å²) in [5.41, 5.74) is 4.94. The lowest BCUT2D eigenvalue weighted by atomic mass is 10.0. The van der Waals surface area contributed by atoms with Crippen molar-refractivity contribution in [3.8, 4) is 17.1 Å². The second-order valence-electron chi connectivity index (χ2n) is 6.87. The molecule has 27 heavy (non-hydrogen) atoms. The summed E-state index contributed by atoms with van der Waals surface area (Å²) in [5.74, 6) is 1.23. The molecular weight excluding hydrogens is 340 g/mol. The summed E-state index contributed by atoms with van der Waals surface area (Å²) in [7, 11) is 0. The number of amides is 1. The van der Waals surface area contributed by atoms with Crippen LogP contribution in [-0.2, 0) is 6.61 Å². The number of carbonyl (C=O) groups is 1. The number of carbonyl (C=O) groups excluding carboxylic acids is 1. The maximum absolute atomic E-state index is 13.3. The van der Waals surface area contributed by atoms with Crippen molar-refractivity contribution in [3.05, 3.63) is 64.8 Å². The Morgan fingerprint density at radius 2 is 2.00 bits per heavy atom. The van der Waals surface area contributed by atoms with Gasteiger partial charge in [0.25, 0.3) is 5.91 Å². The van der Waals surface area contributed by atoms with Crippen molar-refractivity contribution in [2.45, 2.75) is 33.8 Å². The van der Waals surface area contributed by atoms with E-state index >= 15 is 0 Å². The number of nitrogens with zero attached hydrogens (tertiary/aromatic N) is 2. The summed E-state index contributed by atoms with van der Waals surface area (Å²) in [6.07, 6.45) is 0.846. The molecule has 0 atom stereocenters. The molecule has 1 aromatic heterocycles. The molecule has 0 saturated carbocycles. The van der Waals surface area contributed by atoms with Crippen molar-refractivity contribution >= 4 is 11.6 Å². The molecule has 0 bridgehead atoms. The first-order valence-electron chi connectivity index (χ1n) is 9.20. The standard InChI is InChI=1S/C22H22N2O3/c1-4-11-24(18-8-6-5-7-15(18)3)22(25)20-17-13-26-19-10-9-14(2)12-16(19)21(17)27-23-20/h5-10,12H,4,11,13H2,1-3H3. The molecule has 1 aliphatic rings. The Balaban J connectivity index is 1.76. The molecule has 0 spiro atoms. The lowest BCUT2D eigenvalue weighted by molar-refractivity contribution is 0.0976. The summed E-state index contributed by atoms with van der Waals surface area (Å²) < 4.78 is 11.5. The first-order valence-corrected chi connectivity index (χ1v) is 9.20. The number of anilines is 1. The minimum absolute atomic E-state index is 0.157. The molecule has 0 unspecified atom stereocenters. The van der Waals surface area contributed by atoms with Crippen molar-refractivity contribution in [2.24, 2.45) is 0 Å². The van der Waals surface area contributed by atoms with Crippen LogP contribution >= 0.6 is 0 Å². The predicted molar refractivity (Wildman–Crippen MR) is 104 cm³/mol. The SMILES string of the molecule is CCCN(C(=O)c1noc2c1COc1ccc(C)cc1-2)c1ccccc1C. The Kier molecular flexibility index (Phi) is 4.44. The molecule has 0 N–H and O–H groups in total. The van der Waals surface area contributed by atoms with Crippen LogP contribution in [0.25, 0.3) is 11.3 Å². The van der Waals surface area contributed by atoms with E-state index in [1.165, 1.54) is 0 Å². The molecule has 3 aromatic rings. The maximum atomic E-state index is 13.3. The highest BCUT2D eigenvalue weighted by molar-refractivity contribution is 6.07. The molecule has 0 aliphatic carbocycles. The highest BCUT2D eigenvalue weighted by Gasteiger charge is 2.31. The molecule has 0 fully saturated rings. The second kappa shape index (κ2) is 6.91. The largest absolute Gasteiger partial charge is 0.488 e. The van der Waals surface area contributed by atoms with Gasteiger partial charge in [-0.3, -0.25) is 4.79 Å². The number of rotatable bonds is 4. The van der Waals surface area contributed by atoms with Gasteiger partial charge in [-0.1, -0.05) is 41.9 Å². The van der Waals surface area contributed by atoms with Gasteiger partial charge < -0.3 is 14.2 Å². The Hall–Kier alpha value is -3.08. The van der Waals surface area contributed by atoms with Crippen molar-refractivity contribution < 1.29 is 14.1 Å². The number of benzene rings is 2. The van der Waals surface area contributed by atoms with Crippen LogP contribution in [0.1, 0.15) is 40.5 Å². The molecule has 2 heterocycles. The average Bonchev–Trinajstić information content (AvgIpc) is 3.11. The van der Waals surface area contributed by atoms with Crippen LogP contribution in [0.3, 0.4) is 0 Å². The van der Waals surface area contributed by atoms with E-state index in [2.05, 4.69) is 12.1 Å². The van der Waals surface area contributed by atoms with Crippen LogP contribution in [0.15, 0.2) is 47.0 Å². The maximum Gasteiger partial charge on any atom is 0.280 e. The Morgan fingerprint density at radius 1 is 1.19 bits per heavy atom. The smallest absolute Gasteiger partial charge is 0.280 e. The Morgan fingerprint density at radius 3 is 2.78 bits per heavy atom. The number of fused-ring (bicyclic) bond motifs is 3. The molecule has 1 amide bonds. The summed E-state index contributed by atoms with van der Waals surface area (Å²) in [5, 5.41) is 4.14. The van der Waals surface area contributed by atoms with Crippen molar-refractivity contribution in [1.29, 1.82) is 0 Å². The van der Waals surface area contributed by atoms with Gasteiger partial charge >= 0.3 is 0 Å². The number of aromatic nitrogens is 1. The molecule has 0 radical (unpaired) electrons. The number of hydrogen-bond acceptors (Lipinski definition) is 4. The molecule has 1 aliphatic heterocycles. The molecule has 5 heteroatoms. The Labute approximate surface area is 158 Å². The van der Waals surface area contributed by atoms with E-state index in [-0.39, 0.29) is 12.5 Å². The third-order valence-corrected chi connectivity index (χ3v) is 4.84. The van der Waals surface area contributed by atoms with Crippen molar-refractivity contribution in [1.82, 2.24) is 5.16 Å². The topological polar surface area (TPSA) is 55.6 Å². The molecule has 138 valence electrons. The van der Waals surface area contributed by atoms with E-state index in [0.29, 0.717) is 23.6 Å². The van der Waals surface area contributed by atoms with E-state index < -0.39 is 0 Å². The zero-order valence-electron chi connectivity index (χ0n) is 15.8. The fraction of sp³-hybridized carbons (Fsp3) is 0.273. The highest BCUT2D eigenvalue weighted by Crippen LogP contribution is 2.39. The van der Waals surface area contributed by atoms with Crippen LogP contribution in [0.2, 0.25) is 0 Å². The van der Waals surface area contributed by atoms with Crippen LogP contribution in [0, 0.1) is 13.8 Å². The van der Waals surface area contributed by atoms with E-state index in [1.807, 2.05) is 56.3 Å². The fourth-order valence-corrected chi connectivity index (χ4v) is 3.47. The van der Waals surface area contributed by atoms with Crippen LogP contribution < -0.4 is 9.64 Å². The van der Waals surface area contributed by atoms with E-state index in [4.69, 9.17) is 9.26 Å². The quantitative estimate of drug-likeness (QED) is 0.662. The van der Waals surface area contributed by atoms with Gasteiger partial charge in [0, 0.05) is 12.2 Å². The molecular formula is C22H22N2O3. The lowest BCUT2D eigenvalue weighted by Crippen LogP contribution is -2.33. The second-order valence-corrected chi connectivity index (χ2v) is 6.87. The third-order valence-electron chi connectivity index (χ3n) is 4.84. The summed E-state index contributed by atoms with van der Waals surface area (Å²) in [4.78, 5) is 15.1. The molecule has 5 nitrogen and oxygen atoms in total. The van der Waals surface area contributed by atoms with Crippen molar-refractivity contribution in [2.75, 3.05) is 11.4 Å². The monoisotopic (exact) mass is 362 g/mol. The summed E-state index contributed by atoms with van der Waals surface area (Å²) in [6, 6.07) is 13.8. The van der Waals surface area contributed by atoms with Crippen LogP contribution in [0.4, 0.5) is 5.69 Å². The zero-order valence-corrected chi connectivity index (χ0v) is 15.8. The zero-order chi connectivity index (χ0) is 19.0. The first-order chi connectivity index (χ1) is 13.1. The average molecular weight is 362 g/mol. The normalized spacial score (nSPS) is 12.1. The first kappa shape index (κ1) is 17.3. The number of ether oxygens (including phenoxy) is 1. The van der Waals surface area contributed by atoms with Gasteiger partial charge in [-0.25, -0.2) is 0 Å². The highest BCUT2D eigenvalue weighted by atomic mass is 16.5. The van der Waals surface area contributed by atoms with E-state index in [1.54, 1.807) is 4.90 Å². The van der Waals surface area contributed by atoms with Crippen molar-refractivity contribution in [3.63, 3.8) is 0 Å². The molecule has 0 saturated heterocycles. The minimum atomic E-state index is -0.157. The van der Waals surface area contributed by atoms with E-state index in [0.717, 1.165) is 34.5 Å². The van der Waals surface area contributed by atoms with Gasteiger partial charge in [0.2, 0.25) is 0 Å². The predicted octanol–water partition coefficient (Wildman–Crippen LogP) is 4.91. The summed E-state index contributed by atoms with van der Waals surface area (Å²) >= 11 is 0. The fourth-order valence-electron chi connectivity index (χ4n) is 3.47. The van der Waals surface area contributed by atoms with Gasteiger partial charge in [0.15, 0.2) is 11.5 Å². The van der Waals surface area contributed by atoms with Gasteiger partial charge in [0.1, 0.15) is 12.4 Å². The van der Waals surface area contributed by atoms with Gasteiger partial charge in [0.05, 0.1) is 11.1 Å². The van der Waals surface area contributed by atoms with Gasteiger partial charge in [-0.2, -0.15) is 0 Å². The van der Waals surface area contributed by atoms with Crippen LogP contribution in [-0.4, -0.2) is 17.6 Å². The van der Waals surface area contributed by atoms with E-state index in [9.17, 15) is 4.79 Å². The van der Waals surface area contributed by atoms with Crippen LogP contribution in [0.5, 0.6) is 5.75 Å². The minimum Gasteiger partial charge on any atom is -0.488 e. The number of aryl methyl sites for hydroxylation is 2. The number of para-hydroxylation sites is 1. The number of hydrogen-bond donors (Lipinski definition) is 0. The van der Waals surface area contributed by atoms with Gasteiger partial charge in [-0.05, 0) is 44.0 Å².